The number of benzene rings is 1. The molecule has 0 saturated carbocycles. The number of nitrogens with zero attached hydrogens (tertiary/aromatic N) is 1. The van der Waals surface area contributed by atoms with E-state index in [0.717, 1.165) is 11.8 Å². The summed E-state index contributed by atoms with van der Waals surface area (Å²) in [7, 11) is 0. The number of hydrogen-bond donors (Lipinski definition) is 1. The Kier molecular flexibility index (Phi) is 6.13. The quantitative estimate of drug-likeness (QED) is 0.697. The van der Waals surface area contributed by atoms with Gasteiger partial charge in [0.15, 0.2) is 0 Å². The first-order valence-electron chi connectivity index (χ1n) is 7.21. The molecule has 1 aromatic carbocycles. The Hall–Kier alpha value is -2.87. The molecule has 2 aromatic rings. The Morgan fingerprint density at radius 1 is 1.35 bits per heavy atom. The van der Waals surface area contributed by atoms with Crippen molar-refractivity contribution in [2.24, 2.45) is 0 Å². The minimum absolute atomic E-state index is 0.233. The molecule has 23 heavy (non-hydrogen) atoms. The van der Waals surface area contributed by atoms with Gasteiger partial charge in [-0.15, -0.1) is 0 Å². The Bertz CT molecular complexity index is 721. The number of aryl methyl sites for hydroxylation is 1. The lowest BCUT2D eigenvalue weighted by molar-refractivity contribution is 0.140. The fourth-order valence-corrected chi connectivity index (χ4v) is 1.82. The monoisotopic (exact) mass is 312 g/mol. The summed E-state index contributed by atoms with van der Waals surface area (Å²) < 4.78 is 18.0. The average Bonchev–Trinajstić information content (AvgIpc) is 2.55. The van der Waals surface area contributed by atoms with Crippen LogP contribution >= 0.6 is 0 Å². The number of nitrogens with one attached hydrogen (secondary N) is 1. The van der Waals surface area contributed by atoms with Gasteiger partial charge in [-0.1, -0.05) is 36.3 Å². The highest BCUT2D eigenvalue weighted by molar-refractivity contribution is 5.67. The lowest BCUT2D eigenvalue weighted by atomic mass is 10.2. The van der Waals surface area contributed by atoms with E-state index < -0.39 is 6.09 Å². The van der Waals surface area contributed by atoms with Crippen LogP contribution in [0.3, 0.4) is 0 Å². The summed E-state index contributed by atoms with van der Waals surface area (Å²) in [6, 6.07) is 10.8. The highest BCUT2D eigenvalue weighted by Gasteiger charge is 2.01. The lowest BCUT2D eigenvalue weighted by Crippen LogP contribution is -2.24. The number of aromatic nitrogens is 1. The second-order valence-electron chi connectivity index (χ2n) is 4.86. The molecule has 0 bridgehead atoms. The van der Waals surface area contributed by atoms with Gasteiger partial charge in [-0.05, 0) is 30.0 Å². The van der Waals surface area contributed by atoms with Gasteiger partial charge in [0.2, 0.25) is 0 Å². The Morgan fingerprint density at radius 3 is 2.87 bits per heavy atom. The van der Waals surface area contributed by atoms with Crippen molar-refractivity contribution in [2.45, 2.75) is 20.0 Å². The maximum absolute atomic E-state index is 12.9. The van der Waals surface area contributed by atoms with E-state index in [1.165, 1.54) is 6.07 Å². The zero-order valence-corrected chi connectivity index (χ0v) is 12.8. The van der Waals surface area contributed by atoms with Crippen LogP contribution in [-0.4, -0.2) is 17.6 Å². The lowest BCUT2D eigenvalue weighted by Gasteiger charge is -2.05. The number of alkyl carbamates (subject to hydrolysis) is 1. The normalized spacial score (nSPS) is 9.65. The number of carbonyl (C=O) groups excluding carboxylic acids is 1. The molecule has 0 spiro atoms. The van der Waals surface area contributed by atoms with E-state index >= 15 is 0 Å². The summed E-state index contributed by atoms with van der Waals surface area (Å²) >= 11 is 0. The van der Waals surface area contributed by atoms with Crippen molar-refractivity contribution in [3.05, 3.63) is 65.2 Å². The fourth-order valence-electron chi connectivity index (χ4n) is 1.82. The first kappa shape index (κ1) is 16.5. The second-order valence-corrected chi connectivity index (χ2v) is 4.86. The van der Waals surface area contributed by atoms with E-state index in [0.29, 0.717) is 24.2 Å². The number of ether oxygens (including phenoxy) is 1. The number of hydrogen-bond acceptors (Lipinski definition) is 3. The van der Waals surface area contributed by atoms with E-state index in [1.807, 2.05) is 30.3 Å². The van der Waals surface area contributed by atoms with Gasteiger partial charge in [-0.25, -0.2) is 14.2 Å². The standard InChI is InChI=1S/C18H17FN2O2/c1-14-11-16(19)12-21-17(14)9-5-6-10-20-18(22)23-13-15-7-3-2-4-8-15/h2-4,7-8,11-12H,6,10,13H2,1H3,(H,20,22). The molecule has 0 aliphatic rings. The first-order valence-corrected chi connectivity index (χ1v) is 7.21. The molecule has 4 nitrogen and oxygen atoms in total. The molecule has 0 atom stereocenters. The van der Waals surface area contributed by atoms with Crippen molar-refractivity contribution in [3.63, 3.8) is 0 Å². The largest absolute Gasteiger partial charge is 0.445 e. The van der Waals surface area contributed by atoms with Gasteiger partial charge < -0.3 is 10.1 Å². The van der Waals surface area contributed by atoms with Gasteiger partial charge in [0.25, 0.3) is 0 Å². The second kappa shape index (κ2) is 8.54. The third-order valence-electron chi connectivity index (χ3n) is 2.98. The number of amides is 1. The first-order chi connectivity index (χ1) is 11.1. The van der Waals surface area contributed by atoms with Gasteiger partial charge in [-0.2, -0.15) is 0 Å². The van der Waals surface area contributed by atoms with Gasteiger partial charge in [0.05, 0.1) is 6.20 Å². The molecule has 0 radical (unpaired) electrons. The topological polar surface area (TPSA) is 51.2 Å². The van der Waals surface area contributed by atoms with Crippen LogP contribution in [-0.2, 0) is 11.3 Å². The minimum Gasteiger partial charge on any atom is -0.445 e. The highest BCUT2D eigenvalue weighted by atomic mass is 19.1. The average molecular weight is 312 g/mol. The molecule has 0 unspecified atom stereocenters. The van der Waals surface area contributed by atoms with Gasteiger partial charge in [0, 0.05) is 13.0 Å². The van der Waals surface area contributed by atoms with Crippen LogP contribution in [0.5, 0.6) is 0 Å². The van der Waals surface area contributed by atoms with Crippen LogP contribution < -0.4 is 5.32 Å². The van der Waals surface area contributed by atoms with E-state index in [2.05, 4.69) is 22.1 Å². The van der Waals surface area contributed by atoms with E-state index in [4.69, 9.17) is 4.74 Å². The van der Waals surface area contributed by atoms with Crippen LogP contribution in [0.1, 0.15) is 23.2 Å². The highest BCUT2D eigenvalue weighted by Crippen LogP contribution is 2.04. The van der Waals surface area contributed by atoms with Gasteiger partial charge >= 0.3 is 6.09 Å². The molecule has 118 valence electrons. The zero-order valence-electron chi connectivity index (χ0n) is 12.8. The molecule has 1 aromatic heterocycles. The maximum atomic E-state index is 12.9. The molecule has 1 heterocycles. The molecule has 5 heteroatoms. The van der Waals surface area contributed by atoms with Crippen LogP contribution in [0, 0.1) is 24.6 Å². The van der Waals surface area contributed by atoms with Gasteiger partial charge in [-0.3, -0.25) is 0 Å². The van der Waals surface area contributed by atoms with E-state index in [-0.39, 0.29) is 12.4 Å². The number of halogens is 1. The predicted molar refractivity (Wildman–Crippen MR) is 85.1 cm³/mol. The van der Waals surface area contributed by atoms with Crippen molar-refractivity contribution in [3.8, 4) is 11.8 Å². The third kappa shape index (κ3) is 5.79. The summed E-state index contributed by atoms with van der Waals surface area (Å²) in [4.78, 5) is 15.4. The maximum Gasteiger partial charge on any atom is 0.407 e. The summed E-state index contributed by atoms with van der Waals surface area (Å²) in [5.41, 5.74) is 2.16. The van der Waals surface area contributed by atoms with Crippen LogP contribution in [0.2, 0.25) is 0 Å². The summed E-state index contributed by atoms with van der Waals surface area (Å²) in [6.07, 6.45) is 1.11. The van der Waals surface area contributed by atoms with Crippen LogP contribution in [0.15, 0.2) is 42.6 Å². The molecule has 0 aliphatic carbocycles. The molecule has 0 aliphatic heterocycles. The van der Waals surface area contributed by atoms with Crippen molar-refractivity contribution in [1.82, 2.24) is 10.3 Å². The summed E-state index contributed by atoms with van der Waals surface area (Å²) in [6.45, 7) is 2.36. The third-order valence-corrected chi connectivity index (χ3v) is 2.98. The van der Waals surface area contributed by atoms with Gasteiger partial charge in [0.1, 0.15) is 18.1 Å². The number of carbonyl (C=O) groups is 1. The Balaban J connectivity index is 1.69. The molecule has 0 saturated heterocycles. The predicted octanol–water partition coefficient (Wildman–Crippen LogP) is 3.20. The zero-order chi connectivity index (χ0) is 16.5. The molecule has 1 amide bonds. The number of rotatable bonds is 4. The Morgan fingerprint density at radius 2 is 2.13 bits per heavy atom. The summed E-state index contributed by atoms with van der Waals surface area (Å²) in [5.74, 6) is 5.36. The van der Waals surface area contributed by atoms with Crippen molar-refractivity contribution >= 4 is 6.09 Å². The molecule has 1 N–H and O–H groups in total. The molecular weight excluding hydrogens is 295 g/mol. The van der Waals surface area contributed by atoms with E-state index in [9.17, 15) is 9.18 Å². The Labute approximate surface area is 134 Å². The smallest absolute Gasteiger partial charge is 0.407 e. The number of pyridine rings is 1. The van der Waals surface area contributed by atoms with Crippen molar-refractivity contribution in [1.29, 1.82) is 0 Å². The molecular formula is C18H17FN2O2. The van der Waals surface area contributed by atoms with Crippen LogP contribution in [0.4, 0.5) is 9.18 Å². The van der Waals surface area contributed by atoms with Crippen molar-refractivity contribution < 1.29 is 13.9 Å². The van der Waals surface area contributed by atoms with Crippen molar-refractivity contribution in [2.75, 3.05) is 6.54 Å². The van der Waals surface area contributed by atoms with E-state index in [1.54, 1.807) is 6.92 Å². The fraction of sp³-hybridized carbons (Fsp3) is 0.222. The SMILES string of the molecule is Cc1cc(F)cnc1C#CCCNC(=O)OCc1ccccc1. The molecule has 2 rings (SSSR count). The minimum atomic E-state index is -0.480. The van der Waals surface area contributed by atoms with Crippen LogP contribution in [0.25, 0.3) is 0 Å². The summed E-state index contributed by atoms with van der Waals surface area (Å²) in [5, 5.41) is 2.62. The molecule has 0 fully saturated rings.